The molecule has 512 valence electrons. The highest BCUT2D eigenvalue weighted by Crippen LogP contribution is 2.35. The Labute approximate surface area is 599 Å². The van der Waals surface area contributed by atoms with Crippen LogP contribution in [0.4, 0.5) is 37.2 Å². The first-order valence-corrected chi connectivity index (χ1v) is 33.3. The van der Waals surface area contributed by atoms with Crippen molar-refractivity contribution in [3.05, 3.63) is 230 Å². The molecule has 4 amide bonds. The Kier molecular flexibility index (Phi) is 19.7. The number of amides is 4. The molecule has 9 aromatic carbocycles. The van der Waals surface area contributed by atoms with Crippen molar-refractivity contribution in [1.82, 2.24) is 82.5 Å². The summed E-state index contributed by atoms with van der Waals surface area (Å²) in [5.74, 6) is -1.67. The maximum atomic E-state index is 14.2. The van der Waals surface area contributed by atoms with Crippen molar-refractivity contribution in [3.8, 4) is 45.3 Å². The first-order valence-electron chi connectivity index (χ1n) is 29.5. The number of tetrazole rings is 3. The number of hydrogen-bond acceptors (Lipinski definition) is 24. The second-order valence-electron chi connectivity index (χ2n) is 21.4. The molecule has 0 spiro atoms. The maximum absolute atomic E-state index is 14.2. The SMILES string of the molecule is NC(=O)c1onc2ccccc12.Nc1ccc2c(C(=O)Nc3ccc(Br)cc3-c3nnn[nH]3)noc2c1.O=C(Nc1ccc(Br)cc1-c1nnn[nH]1)c1noc2cc(NS(=O)(=O)c3ccc(F)cc3)ccc12.O=C(Nc1ccc(Br)cc1-c1nnn[nH]1)c1noc2ccc(-c3ccccc3F)cc12. The van der Waals surface area contributed by atoms with Crippen LogP contribution in [0, 0.1) is 11.6 Å². The van der Waals surface area contributed by atoms with E-state index in [-0.39, 0.29) is 44.8 Å². The van der Waals surface area contributed by atoms with Gasteiger partial charge in [0.2, 0.25) is 5.76 Å². The van der Waals surface area contributed by atoms with E-state index in [9.17, 15) is 36.4 Å². The first kappa shape index (κ1) is 68.3. The number of nitrogens with one attached hydrogen (secondary N) is 7. The Morgan fingerprint density at radius 3 is 1.46 bits per heavy atom. The molecular weight excluding hydrogens is 1560 g/mol. The number of aromatic amines is 3. The lowest BCUT2D eigenvalue weighted by Crippen LogP contribution is -2.14. The van der Waals surface area contributed by atoms with E-state index in [0.717, 1.165) is 37.7 Å². The van der Waals surface area contributed by atoms with Gasteiger partial charge in [0.15, 0.2) is 51.3 Å². The highest BCUT2D eigenvalue weighted by Gasteiger charge is 2.25. The number of nitrogens with two attached hydrogens (primary N) is 2. The van der Waals surface area contributed by atoms with Crippen molar-refractivity contribution in [2.75, 3.05) is 26.4 Å². The number of rotatable bonds is 14. The number of H-pyrrole nitrogens is 3. The second-order valence-corrected chi connectivity index (χ2v) is 25.8. The van der Waals surface area contributed by atoms with Gasteiger partial charge in [0, 0.05) is 53.5 Å². The number of nitrogen functional groups attached to an aromatic ring is 1. The van der Waals surface area contributed by atoms with E-state index in [1.807, 2.05) is 6.07 Å². The smallest absolute Gasteiger partial charge is 0.287 e. The molecule has 0 unspecified atom stereocenters. The summed E-state index contributed by atoms with van der Waals surface area (Å²) >= 11 is 10.2. The average molecular weight is 1600 g/mol. The Balaban J connectivity index is 0.000000128. The average Bonchev–Trinajstić information content (AvgIpc) is 1.58. The van der Waals surface area contributed by atoms with Crippen molar-refractivity contribution in [2.45, 2.75) is 4.90 Å². The van der Waals surface area contributed by atoms with Crippen LogP contribution in [0.3, 0.4) is 0 Å². The molecule has 0 aliphatic rings. The third kappa shape index (κ3) is 15.3. The van der Waals surface area contributed by atoms with Gasteiger partial charge in [-0.15, -0.1) is 15.3 Å². The second kappa shape index (κ2) is 29.7. The largest absolute Gasteiger partial charge is 0.399 e. The van der Waals surface area contributed by atoms with Gasteiger partial charge < -0.3 is 45.5 Å². The van der Waals surface area contributed by atoms with Crippen LogP contribution < -0.4 is 32.1 Å². The Morgan fingerprint density at radius 1 is 0.456 bits per heavy atom. The highest BCUT2D eigenvalue weighted by atomic mass is 79.9. The van der Waals surface area contributed by atoms with Gasteiger partial charge in [-0.3, -0.25) is 23.9 Å². The molecule has 38 heteroatoms. The van der Waals surface area contributed by atoms with Crippen molar-refractivity contribution in [1.29, 1.82) is 0 Å². The lowest BCUT2D eigenvalue weighted by Gasteiger charge is -2.09. The number of fused-ring (bicyclic) bond motifs is 4. The monoisotopic (exact) mass is 1600 g/mol. The molecule has 16 aromatic rings. The minimum Gasteiger partial charge on any atom is -0.399 e. The van der Waals surface area contributed by atoms with E-state index in [1.54, 1.807) is 127 Å². The minimum atomic E-state index is -3.96. The predicted molar refractivity (Wildman–Crippen MR) is 377 cm³/mol. The van der Waals surface area contributed by atoms with E-state index in [4.69, 9.17) is 29.6 Å². The van der Waals surface area contributed by atoms with E-state index >= 15 is 0 Å². The summed E-state index contributed by atoms with van der Waals surface area (Å²) in [7, 11) is -3.96. The van der Waals surface area contributed by atoms with E-state index in [2.05, 4.69) is 151 Å². The Morgan fingerprint density at radius 2 is 0.942 bits per heavy atom. The van der Waals surface area contributed by atoms with Gasteiger partial charge in [0.25, 0.3) is 33.7 Å². The number of carbonyl (C=O) groups excluding carboxylic acids is 4. The normalized spacial score (nSPS) is 11.1. The van der Waals surface area contributed by atoms with Crippen LogP contribution in [0.1, 0.15) is 42.0 Å². The molecule has 0 radical (unpaired) electrons. The number of halogens is 5. The van der Waals surface area contributed by atoms with Gasteiger partial charge >= 0.3 is 0 Å². The van der Waals surface area contributed by atoms with Crippen LogP contribution in [-0.2, 0) is 10.0 Å². The molecule has 32 nitrogen and oxygen atoms in total. The lowest BCUT2D eigenvalue weighted by molar-refractivity contribution is 0.0964. The number of sulfonamides is 1. The van der Waals surface area contributed by atoms with Crippen molar-refractivity contribution in [3.63, 3.8) is 0 Å². The molecule has 11 N–H and O–H groups in total. The summed E-state index contributed by atoms with van der Waals surface area (Å²) in [6.45, 7) is 0. The number of carbonyl (C=O) groups is 4. The third-order valence-electron chi connectivity index (χ3n) is 14.7. The summed E-state index contributed by atoms with van der Waals surface area (Å²) in [5.41, 5.74) is 17.6. The molecular formula is C65H41Br3F2N22O10S. The molecule has 0 aliphatic heterocycles. The van der Waals surface area contributed by atoms with Gasteiger partial charge in [-0.25, -0.2) is 32.5 Å². The van der Waals surface area contributed by atoms with Gasteiger partial charge in [0.05, 0.1) is 49.2 Å². The van der Waals surface area contributed by atoms with Crippen LogP contribution >= 0.6 is 47.8 Å². The summed E-state index contributed by atoms with van der Waals surface area (Å²) in [4.78, 5) is 49.3. The zero-order chi connectivity index (χ0) is 71.9. The molecule has 0 saturated carbocycles. The van der Waals surface area contributed by atoms with Gasteiger partial charge in [-0.1, -0.05) is 105 Å². The Bertz CT molecular complexity index is 5970. The molecule has 7 aromatic heterocycles. The van der Waals surface area contributed by atoms with Crippen LogP contribution in [0.15, 0.2) is 218 Å². The third-order valence-corrected chi connectivity index (χ3v) is 17.6. The van der Waals surface area contributed by atoms with Crippen molar-refractivity contribution >= 4 is 154 Å². The molecule has 16 rings (SSSR count). The van der Waals surface area contributed by atoms with Gasteiger partial charge in [-0.05, 0) is 170 Å². The maximum Gasteiger partial charge on any atom is 0.287 e. The summed E-state index contributed by atoms with van der Waals surface area (Å²) in [5, 5.41) is 66.8. The molecule has 0 aliphatic carbocycles. The van der Waals surface area contributed by atoms with Crippen LogP contribution in [0.25, 0.3) is 89.1 Å². The van der Waals surface area contributed by atoms with Crippen LogP contribution in [0.2, 0.25) is 0 Å². The molecule has 7 heterocycles. The summed E-state index contributed by atoms with van der Waals surface area (Å²) in [6, 6.07) is 48.1. The fraction of sp³-hybridized carbons (Fsp3) is 0. The highest BCUT2D eigenvalue weighted by molar-refractivity contribution is 9.11. The fourth-order valence-corrected chi connectivity index (χ4v) is 12.1. The molecule has 0 atom stereocenters. The molecule has 103 heavy (non-hydrogen) atoms. The van der Waals surface area contributed by atoms with E-state index in [0.29, 0.717) is 106 Å². The zero-order valence-electron chi connectivity index (χ0n) is 51.7. The van der Waals surface area contributed by atoms with Crippen molar-refractivity contribution < 1.29 is 54.5 Å². The first-order chi connectivity index (χ1) is 49.8. The molecule has 0 fully saturated rings. The van der Waals surface area contributed by atoms with Crippen LogP contribution in [-0.4, -0.2) is 115 Å². The molecule has 0 saturated heterocycles. The number of aromatic nitrogens is 16. The van der Waals surface area contributed by atoms with E-state index in [1.165, 1.54) is 24.3 Å². The van der Waals surface area contributed by atoms with E-state index < -0.39 is 39.5 Å². The number of primary amides is 1. The van der Waals surface area contributed by atoms with Gasteiger partial charge in [-0.2, -0.15) is 0 Å². The lowest BCUT2D eigenvalue weighted by atomic mass is 10.0. The summed E-state index contributed by atoms with van der Waals surface area (Å²) in [6.07, 6.45) is 0. The van der Waals surface area contributed by atoms with Gasteiger partial charge in [0.1, 0.15) is 17.2 Å². The number of benzene rings is 9. The van der Waals surface area contributed by atoms with Crippen LogP contribution in [0.5, 0.6) is 0 Å². The summed E-state index contributed by atoms with van der Waals surface area (Å²) < 4.78 is 77.7. The fourth-order valence-electron chi connectivity index (χ4n) is 9.97. The standard InChI is InChI=1S/C21H13BrFN7O4S.C21H12BrFN6O2.C15H10BrN7O2.C8H6N2O2/c22-11-1-8-17(16(9-11)20-25-29-30-26-20)24-21(31)19-15-7-4-13(10-18(15)34-27-19)28-35(32,33)14-5-2-12(23)3-6-14;22-12-6-7-17(14(10-12)20-25-28-29-26-20)24-21(30)19-15-9-11(5-8-18(15)31-27-19)13-3-1-2-4-16(13)23;16-7-1-4-11(10(5-7)14-19-22-23-20-14)18-15(24)13-9-3-2-8(17)6-12(9)25-21-13;9-8(11)7-5-3-1-2-4-6(5)10-12-7/h1-10,28H,(H,24,31)(H,25,26,29,30);1-10H,(H,24,30)(H,25,26,28,29);1-6H,17H2,(H,18,24)(H,19,20,22,23);1-4H,(H2,9,11). The predicted octanol–water partition coefficient (Wildman–Crippen LogP) is 12.3. The number of hydrogen-bond donors (Lipinski definition) is 9. The molecule has 0 bridgehead atoms. The Hall–Kier alpha value is -13.2. The topological polar surface area (TPSA) is 470 Å². The van der Waals surface area contributed by atoms with Crippen molar-refractivity contribution in [2.24, 2.45) is 5.73 Å². The number of nitrogens with zero attached hydrogens (tertiary/aromatic N) is 13. The quantitative estimate of drug-likeness (QED) is 0.0457. The minimum absolute atomic E-state index is 0.00231. The number of anilines is 5. The zero-order valence-corrected chi connectivity index (χ0v) is 57.2.